The van der Waals surface area contributed by atoms with E-state index in [2.05, 4.69) is 27.7 Å². The minimum Gasteiger partial charge on any atom is -0.371 e. The van der Waals surface area contributed by atoms with Crippen LogP contribution in [0, 0.1) is 11.3 Å². The number of hydrogen-bond acceptors (Lipinski definition) is 1. The van der Waals surface area contributed by atoms with Crippen LogP contribution in [0.25, 0.3) is 0 Å². The van der Waals surface area contributed by atoms with Crippen LogP contribution in [0.1, 0.15) is 72.6 Å². The lowest BCUT2D eigenvalue weighted by Crippen LogP contribution is -2.38. The largest absolute Gasteiger partial charge is 0.371 e. The van der Waals surface area contributed by atoms with Crippen molar-refractivity contribution in [2.75, 3.05) is 0 Å². The molecule has 1 heterocycles. The van der Waals surface area contributed by atoms with Crippen molar-refractivity contribution in [1.29, 1.82) is 0 Å². The lowest BCUT2D eigenvalue weighted by molar-refractivity contribution is -0.0643. The summed E-state index contributed by atoms with van der Waals surface area (Å²) in [6.07, 6.45) is 9.85. The third kappa shape index (κ3) is 1.81. The van der Waals surface area contributed by atoms with Gasteiger partial charge in [0.15, 0.2) is 0 Å². The summed E-state index contributed by atoms with van der Waals surface area (Å²) < 4.78 is 6.48. The lowest BCUT2D eigenvalue weighted by Gasteiger charge is -2.40. The Hall–Kier alpha value is -0.0400. The van der Waals surface area contributed by atoms with Gasteiger partial charge in [-0.25, -0.2) is 0 Å². The molecule has 94 valence electrons. The molecule has 1 nitrogen and oxygen atoms in total. The van der Waals surface area contributed by atoms with Crippen LogP contribution in [0.15, 0.2) is 0 Å². The monoisotopic (exact) mass is 224 g/mol. The predicted octanol–water partition coefficient (Wildman–Crippen LogP) is 4.55. The molecule has 2 unspecified atom stereocenters. The van der Waals surface area contributed by atoms with Gasteiger partial charge in [-0.05, 0) is 50.4 Å². The molecule has 2 bridgehead atoms. The molecular formula is C15H28O. The van der Waals surface area contributed by atoms with Gasteiger partial charge in [0.05, 0.1) is 11.7 Å². The number of hydrogen-bond donors (Lipinski definition) is 0. The summed E-state index contributed by atoms with van der Waals surface area (Å²) in [5, 5.41) is 0. The molecule has 0 radical (unpaired) electrons. The van der Waals surface area contributed by atoms with Gasteiger partial charge in [-0.2, -0.15) is 0 Å². The Morgan fingerprint density at radius 2 is 2.06 bits per heavy atom. The van der Waals surface area contributed by atoms with E-state index in [9.17, 15) is 0 Å². The Morgan fingerprint density at radius 3 is 2.69 bits per heavy atom. The van der Waals surface area contributed by atoms with Crippen LogP contribution >= 0.6 is 0 Å². The van der Waals surface area contributed by atoms with Gasteiger partial charge in [-0.3, -0.25) is 0 Å². The Labute approximate surface area is 101 Å². The van der Waals surface area contributed by atoms with E-state index in [4.69, 9.17) is 4.74 Å². The molecule has 2 fully saturated rings. The average Bonchev–Trinajstić information content (AvgIpc) is 2.53. The van der Waals surface area contributed by atoms with Crippen molar-refractivity contribution in [3.8, 4) is 0 Å². The van der Waals surface area contributed by atoms with Crippen LogP contribution < -0.4 is 0 Å². The molecule has 0 aromatic rings. The van der Waals surface area contributed by atoms with Gasteiger partial charge < -0.3 is 4.74 Å². The third-order valence-electron chi connectivity index (χ3n) is 5.44. The first kappa shape index (κ1) is 12.4. The number of unbranched alkanes of at least 4 members (excludes halogenated alkanes) is 1. The van der Waals surface area contributed by atoms with Crippen LogP contribution in [0.3, 0.4) is 0 Å². The van der Waals surface area contributed by atoms with E-state index < -0.39 is 0 Å². The van der Waals surface area contributed by atoms with Crippen LogP contribution in [0.5, 0.6) is 0 Å². The first-order valence-corrected chi connectivity index (χ1v) is 7.24. The SMILES string of the molecule is CCCC[C@@H]1O[C@]2(C)CC1(CC)CCC2C. The maximum Gasteiger partial charge on any atom is 0.0690 e. The van der Waals surface area contributed by atoms with Crippen molar-refractivity contribution < 1.29 is 4.74 Å². The molecule has 0 aromatic heterocycles. The van der Waals surface area contributed by atoms with Crippen molar-refractivity contribution in [3.05, 3.63) is 0 Å². The highest BCUT2D eigenvalue weighted by Gasteiger charge is 2.57. The highest BCUT2D eigenvalue weighted by molar-refractivity contribution is 5.06. The molecule has 1 saturated carbocycles. The zero-order valence-corrected chi connectivity index (χ0v) is 11.5. The zero-order valence-electron chi connectivity index (χ0n) is 11.5. The van der Waals surface area contributed by atoms with Gasteiger partial charge in [0, 0.05) is 0 Å². The maximum absolute atomic E-state index is 6.48. The molecule has 2 rings (SSSR count). The third-order valence-corrected chi connectivity index (χ3v) is 5.44. The van der Waals surface area contributed by atoms with Crippen LogP contribution in [0.2, 0.25) is 0 Å². The van der Waals surface area contributed by atoms with E-state index in [-0.39, 0.29) is 5.60 Å². The second-order valence-electron chi connectivity index (χ2n) is 6.39. The summed E-state index contributed by atoms with van der Waals surface area (Å²) in [4.78, 5) is 0. The summed E-state index contributed by atoms with van der Waals surface area (Å²) in [5.74, 6) is 0.749. The summed E-state index contributed by atoms with van der Waals surface area (Å²) in [6, 6.07) is 0. The molecule has 16 heavy (non-hydrogen) atoms. The van der Waals surface area contributed by atoms with Gasteiger partial charge in [0.1, 0.15) is 0 Å². The van der Waals surface area contributed by atoms with E-state index in [1.54, 1.807) is 0 Å². The molecule has 4 atom stereocenters. The average molecular weight is 224 g/mol. The second-order valence-corrected chi connectivity index (χ2v) is 6.39. The van der Waals surface area contributed by atoms with Crippen LogP contribution in [-0.4, -0.2) is 11.7 Å². The standard InChI is InChI=1S/C15H28O/c1-5-7-8-13-15(6-2)10-9-12(3)14(4,11-15)16-13/h12-13H,5-11H2,1-4H3/t12?,13-,14+,15?/m0/s1. The first-order chi connectivity index (χ1) is 7.56. The van der Waals surface area contributed by atoms with Gasteiger partial charge in [-0.1, -0.05) is 33.6 Å². The minimum atomic E-state index is 0.187. The minimum absolute atomic E-state index is 0.187. The van der Waals surface area contributed by atoms with E-state index >= 15 is 0 Å². The van der Waals surface area contributed by atoms with Crippen molar-refractivity contribution in [3.63, 3.8) is 0 Å². The zero-order chi connectivity index (χ0) is 11.8. The number of rotatable bonds is 4. The Kier molecular flexibility index (Phi) is 3.36. The van der Waals surface area contributed by atoms with Crippen LogP contribution in [0.4, 0.5) is 0 Å². The summed E-state index contributed by atoms with van der Waals surface area (Å²) >= 11 is 0. The fraction of sp³-hybridized carbons (Fsp3) is 1.00. The summed E-state index contributed by atoms with van der Waals surface area (Å²) in [7, 11) is 0. The fourth-order valence-electron chi connectivity index (χ4n) is 3.94. The predicted molar refractivity (Wildman–Crippen MR) is 68.5 cm³/mol. The first-order valence-electron chi connectivity index (χ1n) is 7.24. The van der Waals surface area contributed by atoms with Crippen molar-refractivity contribution >= 4 is 0 Å². The summed E-state index contributed by atoms with van der Waals surface area (Å²) in [6.45, 7) is 9.38. The molecule has 1 heteroatoms. The molecule has 1 saturated heterocycles. The molecule has 0 spiro atoms. The van der Waals surface area contributed by atoms with E-state index in [0.717, 1.165) is 5.92 Å². The summed E-state index contributed by atoms with van der Waals surface area (Å²) in [5.41, 5.74) is 0.711. The van der Waals surface area contributed by atoms with Gasteiger partial charge in [-0.15, -0.1) is 0 Å². The van der Waals surface area contributed by atoms with Crippen molar-refractivity contribution in [2.24, 2.45) is 11.3 Å². The molecule has 0 aromatic carbocycles. The van der Waals surface area contributed by atoms with E-state index in [1.165, 1.54) is 44.9 Å². The molecule has 1 aliphatic carbocycles. The molecule has 0 amide bonds. The lowest BCUT2D eigenvalue weighted by atomic mass is 9.63. The quantitative estimate of drug-likeness (QED) is 0.680. The normalized spacial score (nSPS) is 47.2. The van der Waals surface area contributed by atoms with Gasteiger partial charge >= 0.3 is 0 Å². The molecular weight excluding hydrogens is 196 g/mol. The van der Waals surface area contributed by atoms with Crippen molar-refractivity contribution in [2.45, 2.75) is 84.3 Å². The smallest absolute Gasteiger partial charge is 0.0690 e. The second kappa shape index (κ2) is 4.33. The highest BCUT2D eigenvalue weighted by atomic mass is 16.5. The topological polar surface area (TPSA) is 9.23 Å². The van der Waals surface area contributed by atoms with Gasteiger partial charge in [0.2, 0.25) is 0 Å². The van der Waals surface area contributed by atoms with Crippen molar-refractivity contribution in [1.82, 2.24) is 0 Å². The molecule has 0 N–H and O–H groups in total. The molecule has 1 aliphatic heterocycles. The number of fused-ring (bicyclic) bond motifs is 2. The maximum atomic E-state index is 6.48. The van der Waals surface area contributed by atoms with Crippen LogP contribution in [-0.2, 0) is 4.74 Å². The Bertz CT molecular complexity index is 250. The fourth-order valence-corrected chi connectivity index (χ4v) is 3.94. The number of ether oxygens (including phenoxy) is 1. The van der Waals surface area contributed by atoms with E-state index in [1.807, 2.05) is 0 Å². The van der Waals surface area contributed by atoms with E-state index in [0.29, 0.717) is 11.5 Å². The molecule has 2 aliphatic rings. The Balaban J connectivity index is 2.14. The highest BCUT2D eigenvalue weighted by Crippen LogP contribution is 2.58. The Morgan fingerprint density at radius 1 is 1.31 bits per heavy atom. The van der Waals surface area contributed by atoms with Gasteiger partial charge in [0.25, 0.3) is 0 Å².